The molecule has 1 heterocycles. The van der Waals surface area contributed by atoms with E-state index in [1.807, 2.05) is 11.7 Å². The smallest absolute Gasteiger partial charge is 0.191 e. The van der Waals surface area contributed by atoms with Crippen molar-refractivity contribution in [3.8, 4) is 0 Å². The third kappa shape index (κ3) is 6.25. The van der Waals surface area contributed by atoms with E-state index in [4.69, 9.17) is 4.99 Å². The zero-order valence-corrected chi connectivity index (χ0v) is 16.0. The highest BCUT2D eigenvalue weighted by Gasteiger charge is 2.07. The fraction of sp³-hybridized carbons (Fsp3) is 0.500. The van der Waals surface area contributed by atoms with Gasteiger partial charge in [0.1, 0.15) is 0 Å². The molecule has 0 fully saturated rings. The molecule has 0 amide bonds. The lowest BCUT2D eigenvalue weighted by Crippen LogP contribution is -2.37. The molecule has 0 aliphatic carbocycles. The lowest BCUT2D eigenvalue weighted by Gasteiger charge is -2.12. The molecule has 0 atom stereocenters. The second-order valence-corrected chi connectivity index (χ2v) is 6.41. The first-order valence-corrected chi connectivity index (χ1v) is 9.21. The summed E-state index contributed by atoms with van der Waals surface area (Å²) in [6, 6.07) is 8.54. The Morgan fingerprint density at radius 2 is 1.92 bits per heavy atom. The maximum atomic E-state index is 4.74. The van der Waals surface area contributed by atoms with Gasteiger partial charge in [-0.2, -0.15) is 5.10 Å². The number of guanidine groups is 1. The highest BCUT2D eigenvalue weighted by Crippen LogP contribution is 2.07. The second-order valence-electron chi connectivity index (χ2n) is 6.41. The Kier molecular flexibility index (Phi) is 7.51. The molecular weight excluding hydrogens is 310 g/mol. The lowest BCUT2D eigenvalue weighted by atomic mass is 10.1. The molecule has 2 aromatic rings. The third-order valence-corrected chi connectivity index (χ3v) is 4.14. The van der Waals surface area contributed by atoms with Gasteiger partial charge in [-0.05, 0) is 25.3 Å². The van der Waals surface area contributed by atoms with Crippen LogP contribution in [0.3, 0.4) is 0 Å². The molecule has 0 saturated carbocycles. The zero-order chi connectivity index (χ0) is 18.1. The van der Waals surface area contributed by atoms with E-state index in [0.29, 0.717) is 6.54 Å². The van der Waals surface area contributed by atoms with Gasteiger partial charge in [0.2, 0.25) is 0 Å². The van der Waals surface area contributed by atoms with Gasteiger partial charge >= 0.3 is 0 Å². The number of nitrogens with zero attached hydrogens (tertiary/aromatic N) is 3. The van der Waals surface area contributed by atoms with Crippen molar-refractivity contribution in [1.82, 2.24) is 20.4 Å². The van der Waals surface area contributed by atoms with Crippen LogP contribution in [-0.2, 0) is 26.6 Å². The van der Waals surface area contributed by atoms with Crippen molar-refractivity contribution >= 4 is 5.96 Å². The van der Waals surface area contributed by atoms with Gasteiger partial charge < -0.3 is 10.6 Å². The molecular formula is C20H31N5. The molecule has 136 valence electrons. The quantitative estimate of drug-likeness (QED) is 0.440. The van der Waals surface area contributed by atoms with Gasteiger partial charge in [0.05, 0.1) is 12.2 Å². The first-order valence-electron chi connectivity index (χ1n) is 9.21. The number of aromatic nitrogens is 2. The molecule has 0 saturated heterocycles. The van der Waals surface area contributed by atoms with E-state index in [9.17, 15) is 0 Å². The Labute approximate surface area is 151 Å². The summed E-state index contributed by atoms with van der Waals surface area (Å²) >= 11 is 0. The Hall–Kier alpha value is -2.30. The number of unbranched alkanes of at least 4 members (excludes halogenated alkanes) is 1. The molecule has 2 N–H and O–H groups in total. The Bertz CT molecular complexity index is 670. The molecule has 1 aromatic carbocycles. The first kappa shape index (κ1) is 19.0. The standard InChI is InChI=1S/C20H31N5/c1-5-7-12-21-20(22-13-17-10-8-16(3)9-11-17)23-14-18-15-25(4)24-19(18)6-2/h8-11,15H,5-7,12-14H2,1-4H3,(H2,21,22,23). The van der Waals surface area contributed by atoms with Gasteiger partial charge in [-0.3, -0.25) is 4.68 Å². The molecule has 5 nitrogen and oxygen atoms in total. The van der Waals surface area contributed by atoms with Crippen molar-refractivity contribution in [3.63, 3.8) is 0 Å². The lowest BCUT2D eigenvalue weighted by molar-refractivity contribution is 0.723. The van der Waals surface area contributed by atoms with E-state index in [1.165, 1.54) is 23.1 Å². The molecule has 0 aliphatic rings. The van der Waals surface area contributed by atoms with Crippen LogP contribution in [0.5, 0.6) is 0 Å². The van der Waals surface area contributed by atoms with Crippen LogP contribution in [-0.4, -0.2) is 22.3 Å². The van der Waals surface area contributed by atoms with Gasteiger partial charge in [0.15, 0.2) is 5.96 Å². The van der Waals surface area contributed by atoms with Gasteiger partial charge in [0, 0.05) is 31.9 Å². The van der Waals surface area contributed by atoms with Crippen LogP contribution >= 0.6 is 0 Å². The van der Waals surface area contributed by atoms with E-state index >= 15 is 0 Å². The summed E-state index contributed by atoms with van der Waals surface area (Å²) in [5.41, 5.74) is 4.86. The SMILES string of the molecule is CCCCNC(=NCc1ccc(C)cc1)NCc1cn(C)nc1CC. The summed E-state index contributed by atoms with van der Waals surface area (Å²) < 4.78 is 1.88. The molecule has 5 heteroatoms. The summed E-state index contributed by atoms with van der Waals surface area (Å²) in [4.78, 5) is 4.74. The van der Waals surface area contributed by atoms with Gasteiger partial charge in [-0.1, -0.05) is 50.1 Å². The van der Waals surface area contributed by atoms with Crippen molar-refractivity contribution in [1.29, 1.82) is 0 Å². The molecule has 0 aliphatic heterocycles. The predicted octanol–water partition coefficient (Wildman–Crippen LogP) is 3.33. The van der Waals surface area contributed by atoms with Crippen LogP contribution in [0, 0.1) is 6.92 Å². The van der Waals surface area contributed by atoms with Crippen LogP contribution in [0.25, 0.3) is 0 Å². The molecule has 2 rings (SSSR count). The van der Waals surface area contributed by atoms with E-state index < -0.39 is 0 Å². The summed E-state index contributed by atoms with van der Waals surface area (Å²) in [6.07, 6.45) is 5.32. The summed E-state index contributed by atoms with van der Waals surface area (Å²) in [5.74, 6) is 0.861. The number of rotatable bonds is 8. The van der Waals surface area contributed by atoms with Crippen LogP contribution in [0.1, 0.15) is 49.1 Å². The fourth-order valence-electron chi connectivity index (χ4n) is 2.63. The molecule has 25 heavy (non-hydrogen) atoms. The molecule has 0 unspecified atom stereocenters. The average molecular weight is 342 g/mol. The average Bonchev–Trinajstić information content (AvgIpc) is 2.98. The predicted molar refractivity (Wildman–Crippen MR) is 105 cm³/mol. The van der Waals surface area contributed by atoms with Crippen LogP contribution in [0.15, 0.2) is 35.5 Å². The molecule has 1 aromatic heterocycles. The minimum absolute atomic E-state index is 0.676. The van der Waals surface area contributed by atoms with Crippen LogP contribution in [0.2, 0.25) is 0 Å². The Morgan fingerprint density at radius 3 is 2.60 bits per heavy atom. The number of hydrogen-bond donors (Lipinski definition) is 2. The van der Waals surface area contributed by atoms with E-state index in [0.717, 1.165) is 37.6 Å². The summed E-state index contributed by atoms with van der Waals surface area (Å²) in [5, 5.41) is 11.4. The van der Waals surface area contributed by atoms with Crippen molar-refractivity contribution in [2.45, 2.75) is 53.1 Å². The minimum Gasteiger partial charge on any atom is -0.356 e. The number of aryl methyl sites for hydroxylation is 3. The molecule has 0 spiro atoms. The fourth-order valence-corrected chi connectivity index (χ4v) is 2.63. The Balaban J connectivity index is 2.00. The third-order valence-electron chi connectivity index (χ3n) is 4.14. The molecule has 0 bridgehead atoms. The van der Waals surface area contributed by atoms with Crippen molar-refractivity contribution in [2.24, 2.45) is 12.0 Å². The zero-order valence-electron chi connectivity index (χ0n) is 16.0. The largest absolute Gasteiger partial charge is 0.356 e. The highest BCUT2D eigenvalue weighted by atomic mass is 15.3. The van der Waals surface area contributed by atoms with Gasteiger partial charge in [-0.25, -0.2) is 4.99 Å². The maximum Gasteiger partial charge on any atom is 0.191 e. The van der Waals surface area contributed by atoms with Crippen LogP contribution < -0.4 is 10.6 Å². The van der Waals surface area contributed by atoms with E-state index in [1.54, 1.807) is 0 Å². The first-order chi connectivity index (χ1) is 12.1. The normalized spacial score (nSPS) is 11.6. The van der Waals surface area contributed by atoms with Crippen molar-refractivity contribution < 1.29 is 0 Å². The number of nitrogens with one attached hydrogen (secondary N) is 2. The summed E-state index contributed by atoms with van der Waals surface area (Å²) in [6.45, 7) is 8.78. The maximum absolute atomic E-state index is 4.74. The highest BCUT2D eigenvalue weighted by molar-refractivity contribution is 5.79. The van der Waals surface area contributed by atoms with E-state index in [2.05, 4.69) is 67.0 Å². The Morgan fingerprint density at radius 1 is 1.16 bits per heavy atom. The number of aliphatic imine (C=N–C) groups is 1. The number of benzene rings is 1. The van der Waals surface area contributed by atoms with Crippen LogP contribution in [0.4, 0.5) is 0 Å². The van der Waals surface area contributed by atoms with Crippen molar-refractivity contribution in [3.05, 3.63) is 52.8 Å². The molecule has 0 radical (unpaired) electrons. The van der Waals surface area contributed by atoms with E-state index in [-0.39, 0.29) is 0 Å². The van der Waals surface area contributed by atoms with Crippen molar-refractivity contribution in [2.75, 3.05) is 6.54 Å². The topological polar surface area (TPSA) is 54.2 Å². The van der Waals surface area contributed by atoms with Gasteiger partial charge in [0.25, 0.3) is 0 Å². The summed E-state index contributed by atoms with van der Waals surface area (Å²) in [7, 11) is 1.97. The monoisotopic (exact) mass is 341 g/mol. The van der Waals surface area contributed by atoms with Gasteiger partial charge in [-0.15, -0.1) is 0 Å². The number of hydrogen-bond acceptors (Lipinski definition) is 2. The second kappa shape index (κ2) is 9.87. The minimum atomic E-state index is 0.676.